The molecule has 0 spiro atoms. The Morgan fingerprint density at radius 1 is 0.935 bits per heavy atom. The van der Waals surface area contributed by atoms with Gasteiger partial charge in [0.15, 0.2) is 0 Å². The summed E-state index contributed by atoms with van der Waals surface area (Å²) < 4.78 is 0.846. The summed E-state index contributed by atoms with van der Waals surface area (Å²) in [5, 5.41) is 5.70. The Bertz CT molecular complexity index is 896. The molecule has 3 rings (SSSR count). The summed E-state index contributed by atoms with van der Waals surface area (Å²) in [6.07, 6.45) is 2.59. The predicted molar refractivity (Wildman–Crippen MR) is 124 cm³/mol. The zero-order valence-corrected chi connectivity index (χ0v) is 19.1. The Balaban J connectivity index is 1.31. The number of nitrogens with one attached hydrogen (secondary N) is 2. The summed E-state index contributed by atoms with van der Waals surface area (Å²) in [6.45, 7) is 1.99. The fourth-order valence-corrected chi connectivity index (χ4v) is 4.08. The van der Waals surface area contributed by atoms with Gasteiger partial charge in [0.25, 0.3) is 5.91 Å². The van der Waals surface area contributed by atoms with Gasteiger partial charge in [0, 0.05) is 48.6 Å². The van der Waals surface area contributed by atoms with Gasteiger partial charge in [0.2, 0.25) is 11.8 Å². The third-order valence-corrected chi connectivity index (χ3v) is 5.98. The van der Waals surface area contributed by atoms with E-state index in [1.54, 1.807) is 18.2 Å². The van der Waals surface area contributed by atoms with Crippen LogP contribution in [0.4, 0.5) is 0 Å². The Morgan fingerprint density at radius 2 is 1.65 bits per heavy atom. The Morgan fingerprint density at radius 3 is 2.35 bits per heavy atom. The van der Waals surface area contributed by atoms with Crippen LogP contribution in [-0.2, 0) is 16.0 Å². The van der Waals surface area contributed by atoms with E-state index < -0.39 is 0 Å². The van der Waals surface area contributed by atoms with Crippen LogP contribution < -0.4 is 10.6 Å². The van der Waals surface area contributed by atoms with Crippen molar-refractivity contribution < 1.29 is 14.4 Å². The molecule has 2 aromatic rings. The first-order valence-electron chi connectivity index (χ1n) is 10.7. The van der Waals surface area contributed by atoms with Gasteiger partial charge in [-0.25, -0.2) is 0 Å². The Hall–Kier alpha value is -2.67. The third kappa shape index (κ3) is 7.21. The number of amides is 3. The average molecular weight is 486 g/mol. The van der Waals surface area contributed by atoms with Gasteiger partial charge in [-0.05, 0) is 43.0 Å². The monoisotopic (exact) mass is 485 g/mol. The SMILES string of the molecule is O=C(NCCNC(=O)C1CCN(C(=O)CCc2ccccc2)CC1)c1cccc(Br)c1. The lowest BCUT2D eigenvalue weighted by Crippen LogP contribution is -2.44. The van der Waals surface area contributed by atoms with Crippen molar-refractivity contribution in [1.29, 1.82) is 0 Å². The molecule has 3 amide bonds. The number of carbonyl (C=O) groups excluding carboxylic acids is 3. The van der Waals surface area contributed by atoms with Crippen molar-refractivity contribution in [3.8, 4) is 0 Å². The molecule has 6 nitrogen and oxygen atoms in total. The molecular formula is C24H28BrN3O3. The van der Waals surface area contributed by atoms with E-state index in [9.17, 15) is 14.4 Å². The normalized spacial score (nSPS) is 14.2. The van der Waals surface area contributed by atoms with Gasteiger partial charge in [-0.3, -0.25) is 14.4 Å². The molecular weight excluding hydrogens is 458 g/mol. The Labute approximate surface area is 191 Å². The van der Waals surface area contributed by atoms with Crippen molar-refractivity contribution in [3.05, 3.63) is 70.2 Å². The lowest BCUT2D eigenvalue weighted by Gasteiger charge is -2.31. The maximum absolute atomic E-state index is 12.4. The molecule has 1 saturated heterocycles. The first kappa shape index (κ1) is 23.0. The second-order valence-corrected chi connectivity index (χ2v) is 8.61. The van der Waals surface area contributed by atoms with E-state index in [0.29, 0.717) is 51.0 Å². The number of aryl methyl sites for hydroxylation is 1. The maximum Gasteiger partial charge on any atom is 0.251 e. The van der Waals surface area contributed by atoms with Crippen molar-refractivity contribution in [3.63, 3.8) is 0 Å². The van der Waals surface area contributed by atoms with Gasteiger partial charge >= 0.3 is 0 Å². The summed E-state index contributed by atoms with van der Waals surface area (Å²) >= 11 is 3.35. The lowest BCUT2D eigenvalue weighted by atomic mass is 9.95. The van der Waals surface area contributed by atoms with E-state index in [4.69, 9.17) is 0 Å². The molecule has 7 heteroatoms. The van der Waals surface area contributed by atoms with E-state index in [1.165, 1.54) is 0 Å². The van der Waals surface area contributed by atoms with Gasteiger partial charge in [0.1, 0.15) is 0 Å². The average Bonchev–Trinajstić information content (AvgIpc) is 2.80. The molecule has 1 aliphatic rings. The van der Waals surface area contributed by atoms with Crippen molar-refractivity contribution in [2.75, 3.05) is 26.2 Å². The van der Waals surface area contributed by atoms with Crippen molar-refractivity contribution in [2.24, 2.45) is 5.92 Å². The highest BCUT2D eigenvalue weighted by Gasteiger charge is 2.26. The second kappa shape index (κ2) is 11.6. The first-order chi connectivity index (χ1) is 15.0. The number of halogens is 1. The first-order valence-corrected chi connectivity index (χ1v) is 11.5. The van der Waals surface area contributed by atoms with Crippen LogP contribution in [0.25, 0.3) is 0 Å². The standard InChI is InChI=1S/C24H28BrN3O3/c25-21-8-4-7-20(17-21)24(31)27-14-13-26-23(30)19-11-15-28(16-12-19)22(29)10-9-18-5-2-1-3-6-18/h1-8,17,19H,9-16H2,(H,26,30)(H,27,31). The number of nitrogens with zero attached hydrogens (tertiary/aromatic N) is 1. The molecule has 2 N–H and O–H groups in total. The molecule has 2 aromatic carbocycles. The van der Waals surface area contributed by atoms with Crippen molar-refractivity contribution in [2.45, 2.75) is 25.7 Å². The zero-order valence-electron chi connectivity index (χ0n) is 17.5. The van der Waals surface area contributed by atoms with Crippen LogP contribution in [0.2, 0.25) is 0 Å². The fourth-order valence-electron chi connectivity index (χ4n) is 3.68. The largest absolute Gasteiger partial charge is 0.354 e. The van der Waals surface area contributed by atoms with Crippen LogP contribution >= 0.6 is 15.9 Å². The van der Waals surface area contributed by atoms with Gasteiger partial charge in [-0.1, -0.05) is 52.3 Å². The molecule has 1 fully saturated rings. The highest BCUT2D eigenvalue weighted by atomic mass is 79.9. The fraction of sp³-hybridized carbons (Fsp3) is 0.375. The highest BCUT2D eigenvalue weighted by Crippen LogP contribution is 2.18. The summed E-state index contributed by atoms with van der Waals surface area (Å²) in [4.78, 5) is 38.8. The highest BCUT2D eigenvalue weighted by molar-refractivity contribution is 9.10. The summed E-state index contributed by atoms with van der Waals surface area (Å²) in [6, 6.07) is 17.2. The van der Waals surface area contributed by atoms with Gasteiger partial charge in [0.05, 0.1) is 0 Å². The van der Waals surface area contributed by atoms with Crippen LogP contribution in [0.5, 0.6) is 0 Å². The van der Waals surface area contributed by atoms with Crippen LogP contribution in [0, 0.1) is 5.92 Å². The predicted octanol–water partition coefficient (Wildman–Crippen LogP) is 3.17. The maximum atomic E-state index is 12.4. The number of carbonyl (C=O) groups is 3. The number of rotatable bonds is 8. The molecule has 0 radical (unpaired) electrons. The molecule has 0 aliphatic carbocycles. The molecule has 0 unspecified atom stereocenters. The minimum Gasteiger partial charge on any atom is -0.354 e. The van der Waals surface area contributed by atoms with E-state index >= 15 is 0 Å². The van der Waals surface area contributed by atoms with E-state index in [-0.39, 0.29) is 23.6 Å². The number of piperidine rings is 1. The van der Waals surface area contributed by atoms with Gasteiger partial charge in [-0.2, -0.15) is 0 Å². The lowest BCUT2D eigenvalue weighted by molar-refractivity contribution is -0.135. The quantitative estimate of drug-likeness (QED) is 0.563. The van der Waals surface area contributed by atoms with Crippen molar-refractivity contribution >= 4 is 33.7 Å². The molecule has 0 aromatic heterocycles. The van der Waals surface area contributed by atoms with Crippen LogP contribution in [0.3, 0.4) is 0 Å². The Kier molecular flexibility index (Phi) is 8.64. The van der Waals surface area contributed by atoms with Crippen LogP contribution in [0.15, 0.2) is 59.1 Å². The van der Waals surface area contributed by atoms with Gasteiger partial charge in [-0.15, -0.1) is 0 Å². The summed E-state index contributed by atoms with van der Waals surface area (Å²) in [5.74, 6) is -0.108. The summed E-state index contributed by atoms with van der Waals surface area (Å²) in [7, 11) is 0. The van der Waals surface area contributed by atoms with Crippen LogP contribution in [0.1, 0.15) is 35.2 Å². The number of hydrogen-bond donors (Lipinski definition) is 2. The minimum atomic E-state index is -0.169. The third-order valence-electron chi connectivity index (χ3n) is 5.49. The summed E-state index contributed by atoms with van der Waals surface area (Å²) in [5.41, 5.74) is 1.74. The molecule has 1 aliphatic heterocycles. The van der Waals surface area contributed by atoms with Gasteiger partial charge < -0.3 is 15.5 Å². The van der Waals surface area contributed by atoms with Crippen molar-refractivity contribution in [1.82, 2.24) is 15.5 Å². The van der Waals surface area contributed by atoms with Crippen LogP contribution in [-0.4, -0.2) is 48.8 Å². The molecule has 164 valence electrons. The minimum absolute atomic E-state index is 0.00640. The molecule has 1 heterocycles. The molecule has 0 bridgehead atoms. The van der Waals surface area contributed by atoms with E-state index in [0.717, 1.165) is 16.5 Å². The number of likely N-dealkylation sites (tertiary alicyclic amines) is 1. The molecule has 0 atom stereocenters. The zero-order chi connectivity index (χ0) is 22.1. The van der Waals surface area contributed by atoms with E-state index in [2.05, 4.69) is 26.6 Å². The van der Waals surface area contributed by atoms with E-state index in [1.807, 2.05) is 41.3 Å². The number of hydrogen-bond acceptors (Lipinski definition) is 3. The molecule has 31 heavy (non-hydrogen) atoms. The second-order valence-electron chi connectivity index (χ2n) is 7.70. The number of benzene rings is 2. The smallest absolute Gasteiger partial charge is 0.251 e. The molecule has 0 saturated carbocycles. The topological polar surface area (TPSA) is 78.5 Å².